The third kappa shape index (κ3) is 2.61. The van der Waals surface area contributed by atoms with Gasteiger partial charge in [-0.2, -0.15) is 0 Å². The summed E-state index contributed by atoms with van der Waals surface area (Å²) < 4.78 is 5.16. The van der Waals surface area contributed by atoms with Crippen LogP contribution in [0.3, 0.4) is 0 Å². The first-order valence-electron chi connectivity index (χ1n) is 5.45. The number of hydrogen-bond acceptors (Lipinski definition) is 3. The number of hydrogen-bond donors (Lipinski definition) is 1. The highest BCUT2D eigenvalue weighted by Gasteiger charge is 2.24. The second-order valence-electron chi connectivity index (χ2n) is 3.80. The Balaban J connectivity index is 2.95. The third-order valence-electron chi connectivity index (χ3n) is 2.79. The van der Waals surface area contributed by atoms with Gasteiger partial charge in [0.2, 0.25) is 0 Å². The largest absolute Gasteiger partial charge is 0.496 e. The molecular formula is C13H18O3. The van der Waals surface area contributed by atoms with Crippen molar-refractivity contribution in [3.05, 3.63) is 29.8 Å². The first-order valence-corrected chi connectivity index (χ1v) is 5.45. The van der Waals surface area contributed by atoms with E-state index in [-0.39, 0.29) is 5.78 Å². The first kappa shape index (κ1) is 12.7. The Hall–Kier alpha value is -1.35. The molecule has 1 aromatic carbocycles. The summed E-state index contributed by atoms with van der Waals surface area (Å²) in [5.74, 6) is 0.269. The van der Waals surface area contributed by atoms with E-state index >= 15 is 0 Å². The maximum atomic E-state index is 11.5. The zero-order valence-corrected chi connectivity index (χ0v) is 9.93. The fourth-order valence-electron chi connectivity index (χ4n) is 1.68. The average Bonchev–Trinajstić information content (AvgIpc) is 2.35. The van der Waals surface area contributed by atoms with E-state index in [1.165, 1.54) is 0 Å². The molecule has 0 aliphatic carbocycles. The van der Waals surface area contributed by atoms with Crippen LogP contribution < -0.4 is 4.74 Å². The van der Waals surface area contributed by atoms with Gasteiger partial charge in [0.1, 0.15) is 11.5 Å². The van der Waals surface area contributed by atoms with Gasteiger partial charge in [-0.05, 0) is 6.07 Å². The Morgan fingerprint density at radius 1 is 1.44 bits per heavy atom. The predicted molar refractivity (Wildman–Crippen MR) is 62.4 cm³/mol. The molecule has 0 heterocycles. The van der Waals surface area contributed by atoms with E-state index in [4.69, 9.17) is 4.74 Å². The monoisotopic (exact) mass is 222 g/mol. The molecule has 0 bridgehead atoms. The van der Waals surface area contributed by atoms with Crippen LogP contribution in [-0.4, -0.2) is 18.0 Å². The molecule has 0 amide bonds. The molecule has 0 spiro atoms. The summed E-state index contributed by atoms with van der Waals surface area (Å²) in [5, 5.41) is 10.1. The minimum Gasteiger partial charge on any atom is -0.496 e. The molecule has 0 aliphatic rings. The maximum Gasteiger partial charge on any atom is 0.138 e. The summed E-state index contributed by atoms with van der Waals surface area (Å²) in [7, 11) is 1.55. The van der Waals surface area contributed by atoms with Crippen LogP contribution in [0.15, 0.2) is 24.3 Å². The van der Waals surface area contributed by atoms with Crippen LogP contribution in [-0.2, 0) is 4.79 Å². The number of ether oxygens (including phenoxy) is 1. The molecule has 0 aliphatic heterocycles. The van der Waals surface area contributed by atoms with Crippen LogP contribution in [0.25, 0.3) is 0 Å². The van der Waals surface area contributed by atoms with E-state index < -0.39 is 12.0 Å². The molecule has 3 nitrogen and oxygen atoms in total. The molecule has 0 radical (unpaired) electrons. The SMILES string of the molecule is CCC(=O)[C@H](C)[C@H](O)c1ccccc1OC. The fraction of sp³-hybridized carbons (Fsp3) is 0.462. The van der Waals surface area contributed by atoms with Crippen LogP contribution in [0.1, 0.15) is 31.9 Å². The second-order valence-corrected chi connectivity index (χ2v) is 3.80. The topological polar surface area (TPSA) is 46.5 Å². The van der Waals surface area contributed by atoms with Crippen molar-refractivity contribution in [2.45, 2.75) is 26.4 Å². The van der Waals surface area contributed by atoms with Gasteiger partial charge in [0, 0.05) is 17.9 Å². The van der Waals surface area contributed by atoms with Crippen molar-refractivity contribution in [2.24, 2.45) is 5.92 Å². The summed E-state index contributed by atoms with van der Waals surface area (Å²) in [6, 6.07) is 7.22. The Morgan fingerprint density at radius 2 is 2.06 bits per heavy atom. The van der Waals surface area contributed by atoms with Gasteiger partial charge < -0.3 is 9.84 Å². The van der Waals surface area contributed by atoms with E-state index in [0.717, 1.165) is 0 Å². The molecular weight excluding hydrogens is 204 g/mol. The molecule has 88 valence electrons. The average molecular weight is 222 g/mol. The van der Waals surface area contributed by atoms with Crippen molar-refractivity contribution in [3.63, 3.8) is 0 Å². The molecule has 0 unspecified atom stereocenters. The molecule has 0 saturated carbocycles. The lowest BCUT2D eigenvalue weighted by Gasteiger charge is -2.19. The van der Waals surface area contributed by atoms with Crippen molar-refractivity contribution in [1.29, 1.82) is 0 Å². The Labute approximate surface area is 96.1 Å². The van der Waals surface area contributed by atoms with E-state index in [0.29, 0.717) is 17.7 Å². The lowest BCUT2D eigenvalue weighted by Crippen LogP contribution is -2.19. The lowest BCUT2D eigenvalue weighted by molar-refractivity contribution is -0.125. The number of carbonyl (C=O) groups is 1. The third-order valence-corrected chi connectivity index (χ3v) is 2.79. The molecule has 1 N–H and O–H groups in total. The smallest absolute Gasteiger partial charge is 0.138 e. The van der Waals surface area contributed by atoms with E-state index in [2.05, 4.69) is 0 Å². The first-order chi connectivity index (χ1) is 7.61. The number of para-hydroxylation sites is 1. The van der Waals surface area contributed by atoms with Gasteiger partial charge in [0.15, 0.2) is 0 Å². The van der Waals surface area contributed by atoms with Gasteiger partial charge >= 0.3 is 0 Å². The van der Waals surface area contributed by atoms with Crippen molar-refractivity contribution >= 4 is 5.78 Å². The fourth-order valence-corrected chi connectivity index (χ4v) is 1.68. The minimum absolute atomic E-state index is 0.0541. The van der Waals surface area contributed by atoms with Crippen LogP contribution in [0.4, 0.5) is 0 Å². The summed E-state index contributed by atoms with van der Waals surface area (Å²) in [4.78, 5) is 11.5. The highest BCUT2D eigenvalue weighted by atomic mass is 16.5. The highest BCUT2D eigenvalue weighted by Crippen LogP contribution is 2.30. The minimum atomic E-state index is -0.802. The van der Waals surface area contributed by atoms with Crippen LogP contribution in [0, 0.1) is 5.92 Å². The Kier molecular flexibility index (Phi) is 4.50. The highest BCUT2D eigenvalue weighted by molar-refractivity contribution is 5.81. The molecule has 0 aromatic heterocycles. The molecule has 16 heavy (non-hydrogen) atoms. The molecule has 1 rings (SSSR count). The second kappa shape index (κ2) is 5.66. The summed E-state index contributed by atoms with van der Waals surface area (Å²) in [6.07, 6.45) is -0.364. The molecule has 1 aromatic rings. The number of methoxy groups -OCH3 is 1. The quantitative estimate of drug-likeness (QED) is 0.831. The van der Waals surface area contributed by atoms with Crippen LogP contribution in [0.5, 0.6) is 5.75 Å². The number of ketones is 1. The van der Waals surface area contributed by atoms with E-state index in [1.807, 2.05) is 12.1 Å². The normalized spacial score (nSPS) is 14.2. The summed E-state index contributed by atoms with van der Waals surface area (Å²) in [6.45, 7) is 3.54. The number of Topliss-reactive ketones (excluding diaryl/α,β-unsaturated/α-hetero) is 1. The van der Waals surface area contributed by atoms with Crippen molar-refractivity contribution in [2.75, 3.05) is 7.11 Å². The van der Waals surface area contributed by atoms with Crippen LogP contribution >= 0.6 is 0 Å². The lowest BCUT2D eigenvalue weighted by atomic mass is 9.92. The number of carbonyl (C=O) groups excluding carboxylic acids is 1. The van der Waals surface area contributed by atoms with Crippen molar-refractivity contribution < 1.29 is 14.6 Å². The molecule has 3 heteroatoms. The van der Waals surface area contributed by atoms with Crippen molar-refractivity contribution in [3.8, 4) is 5.75 Å². The number of benzene rings is 1. The maximum absolute atomic E-state index is 11.5. The van der Waals surface area contributed by atoms with Gasteiger partial charge in [-0.25, -0.2) is 0 Å². The number of aliphatic hydroxyl groups is 1. The van der Waals surface area contributed by atoms with E-state index in [9.17, 15) is 9.90 Å². The van der Waals surface area contributed by atoms with Gasteiger partial charge in [-0.3, -0.25) is 4.79 Å². The van der Waals surface area contributed by atoms with E-state index in [1.54, 1.807) is 33.1 Å². The van der Waals surface area contributed by atoms with Gasteiger partial charge in [0.05, 0.1) is 13.2 Å². The standard InChI is InChI=1S/C13H18O3/c1-4-11(14)9(2)13(15)10-7-5-6-8-12(10)16-3/h5-9,13,15H,4H2,1-3H3/t9-,13-/m0/s1. The van der Waals surface area contributed by atoms with Crippen LogP contribution in [0.2, 0.25) is 0 Å². The van der Waals surface area contributed by atoms with Gasteiger partial charge in [-0.15, -0.1) is 0 Å². The summed E-state index contributed by atoms with van der Waals surface area (Å²) >= 11 is 0. The van der Waals surface area contributed by atoms with Gasteiger partial charge in [0.25, 0.3) is 0 Å². The van der Waals surface area contributed by atoms with Crippen molar-refractivity contribution in [1.82, 2.24) is 0 Å². The number of rotatable bonds is 5. The van der Waals surface area contributed by atoms with Gasteiger partial charge in [-0.1, -0.05) is 32.0 Å². The Morgan fingerprint density at radius 3 is 2.62 bits per heavy atom. The molecule has 0 saturated heterocycles. The number of aliphatic hydroxyl groups excluding tert-OH is 1. The zero-order valence-electron chi connectivity index (χ0n) is 9.93. The molecule has 2 atom stereocenters. The zero-order chi connectivity index (χ0) is 12.1. The molecule has 0 fully saturated rings. The predicted octanol–water partition coefficient (Wildman–Crippen LogP) is 2.34. The summed E-state index contributed by atoms with van der Waals surface area (Å²) in [5.41, 5.74) is 0.666. The Bertz CT molecular complexity index is 360.